The second-order valence-electron chi connectivity index (χ2n) is 6.63. The molecule has 2 heterocycles. The van der Waals surface area contributed by atoms with Gasteiger partial charge in [0.15, 0.2) is 0 Å². The first kappa shape index (κ1) is 18.9. The number of carbonyl (C=O) groups is 2. The van der Waals surface area contributed by atoms with Crippen molar-refractivity contribution in [3.8, 4) is 5.88 Å². The molecule has 3 rings (SSSR count). The highest BCUT2D eigenvalue weighted by Crippen LogP contribution is 2.22. The number of carbonyl (C=O) groups excluding carboxylic acids is 2. The molecule has 0 N–H and O–H groups in total. The molecule has 2 amide bonds. The standard InChI is InChI=1S/C21H25N3O3/c1-3-17-15-23(21(26)18-10-7-12-22-20(18)27-2)13-11-19(25)24(17)14-16-8-5-4-6-9-16/h4-10,12,17H,3,11,13-15H2,1-2H3/t17-/m1/s1. The molecule has 0 aliphatic carbocycles. The highest BCUT2D eigenvalue weighted by Gasteiger charge is 2.32. The fraction of sp³-hybridized carbons (Fsp3) is 0.381. The van der Waals surface area contributed by atoms with Gasteiger partial charge in [0.05, 0.1) is 7.11 Å². The SMILES string of the molecule is CC[C@@H]1CN(C(=O)c2cccnc2OC)CCC(=O)N1Cc1ccccc1. The van der Waals surface area contributed by atoms with E-state index in [0.717, 1.165) is 12.0 Å². The summed E-state index contributed by atoms with van der Waals surface area (Å²) in [6, 6.07) is 13.4. The molecule has 0 spiro atoms. The number of nitrogens with zero attached hydrogens (tertiary/aromatic N) is 3. The molecule has 1 fully saturated rings. The van der Waals surface area contributed by atoms with E-state index in [9.17, 15) is 9.59 Å². The van der Waals surface area contributed by atoms with Crippen molar-refractivity contribution in [1.29, 1.82) is 0 Å². The van der Waals surface area contributed by atoms with Crippen molar-refractivity contribution in [2.24, 2.45) is 0 Å². The Kier molecular flexibility index (Phi) is 6.06. The highest BCUT2D eigenvalue weighted by molar-refractivity contribution is 5.96. The summed E-state index contributed by atoms with van der Waals surface area (Å²) in [7, 11) is 1.50. The Labute approximate surface area is 159 Å². The van der Waals surface area contributed by atoms with Crippen LogP contribution in [0, 0.1) is 0 Å². The van der Waals surface area contributed by atoms with Gasteiger partial charge in [-0.2, -0.15) is 0 Å². The molecule has 1 aliphatic rings. The van der Waals surface area contributed by atoms with Crippen LogP contribution < -0.4 is 4.74 Å². The van der Waals surface area contributed by atoms with Crippen molar-refractivity contribution >= 4 is 11.8 Å². The number of ether oxygens (including phenoxy) is 1. The van der Waals surface area contributed by atoms with Gasteiger partial charge in [0.1, 0.15) is 5.56 Å². The van der Waals surface area contributed by atoms with Gasteiger partial charge < -0.3 is 14.5 Å². The fourth-order valence-corrected chi connectivity index (χ4v) is 3.44. The van der Waals surface area contributed by atoms with Gasteiger partial charge in [0, 0.05) is 38.3 Å². The van der Waals surface area contributed by atoms with Crippen molar-refractivity contribution in [2.45, 2.75) is 32.4 Å². The Morgan fingerprint density at radius 2 is 2.00 bits per heavy atom. The van der Waals surface area contributed by atoms with E-state index in [-0.39, 0.29) is 17.9 Å². The molecule has 1 aromatic heterocycles. The van der Waals surface area contributed by atoms with Crippen molar-refractivity contribution in [1.82, 2.24) is 14.8 Å². The van der Waals surface area contributed by atoms with Gasteiger partial charge >= 0.3 is 0 Å². The van der Waals surface area contributed by atoms with E-state index in [1.165, 1.54) is 7.11 Å². The summed E-state index contributed by atoms with van der Waals surface area (Å²) in [5.41, 5.74) is 1.52. The molecule has 6 heteroatoms. The topological polar surface area (TPSA) is 62.7 Å². The van der Waals surface area contributed by atoms with Crippen LogP contribution in [0.3, 0.4) is 0 Å². The third kappa shape index (κ3) is 4.27. The normalized spacial score (nSPS) is 17.6. The molecular weight excluding hydrogens is 342 g/mol. The minimum atomic E-state index is -0.146. The molecule has 2 aromatic rings. The Balaban J connectivity index is 1.81. The summed E-state index contributed by atoms with van der Waals surface area (Å²) in [5.74, 6) is 0.249. The number of methoxy groups -OCH3 is 1. The second kappa shape index (κ2) is 8.66. The lowest BCUT2D eigenvalue weighted by atomic mass is 10.1. The van der Waals surface area contributed by atoms with E-state index in [1.807, 2.05) is 35.2 Å². The second-order valence-corrected chi connectivity index (χ2v) is 6.63. The summed E-state index contributed by atoms with van der Waals surface area (Å²) in [6.07, 6.45) is 2.70. The summed E-state index contributed by atoms with van der Waals surface area (Å²) < 4.78 is 5.23. The summed E-state index contributed by atoms with van der Waals surface area (Å²) >= 11 is 0. The molecular formula is C21H25N3O3. The highest BCUT2D eigenvalue weighted by atomic mass is 16.5. The lowest BCUT2D eigenvalue weighted by Gasteiger charge is -2.31. The predicted octanol–water partition coefficient (Wildman–Crippen LogP) is 2.74. The van der Waals surface area contributed by atoms with E-state index >= 15 is 0 Å². The van der Waals surface area contributed by atoms with Gasteiger partial charge in [-0.3, -0.25) is 9.59 Å². The van der Waals surface area contributed by atoms with Crippen molar-refractivity contribution in [3.63, 3.8) is 0 Å². The minimum Gasteiger partial charge on any atom is -0.480 e. The first-order valence-electron chi connectivity index (χ1n) is 9.25. The molecule has 6 nitrogen and oxygen atoms in total. The molecule has 0 saturated carbocycles. The number of hydrogen-bond acceptors (Lipinski definition) is 4. The molecule has 0 radical (unpaired) electrons. The van der Waals surface area contributed by atoms with E-state index < -0.39 is 0 Å². The van der Waals surface area contributed by atoms with E-state index in [2.05, 4.69) is 11.9 Å². The lowest BCUT2D eigenvalue weighted by Crippen LogP contribution is -2.43. The third-order valence-electron chi connectivity index (χ3n) is 4.94. The zero-order valence-electron chi connectivity index (χ0n) is 15.8. The Hall–Kier alpha value is -2.89. The smallest absolute Gasteiger partial charge is 0.259 e. The van der Waals surface area contributed by atoms with E-state index in [1.54, 1.807) is 23.2 Å². The van der Waals surface area contributed by atoms with Crippen LogP contribution in [-0.4, -0.2) is 52.8 Å². The number of aromatic nitrogens is 1. The summed E-state index contributed by atoms with van der Waals surface area (Å²) in [4.78, 5) is 33.6. The maximum Gasteiger partial charge on any atom is 0.259 e. The third-order valence-corrected chi connectivity index (χ3v) is 4.94. The molecule has 142 valence electrons. The fourth-order valence-electron chi connectivity index (χ4n) is 3.44. The summed E-state index contributed by atoms with van der Waals surface area (Å²) in [6.45, 7) is 3.52. The molecule has 1 atom stereocenters. The number of rotatable bonds is 5. The molecule has 0 unspecified atom stereocenters. The van der Waals surface area contributed by atoms with Crippen LogP contribution in [0.25, 0.3) is 0 Å². The Morgan fingerprint density at radius 1 is 1.22 bits per heavy atom. The van der Waals surface area contributed by atoms with Crippen molar-refractivity contribution < 1.29 is 14.3 Å². The molecule has 1 aromatic carbocycles. The Bertz CT molecular complexity index is 794. The Morgan fingerprint density at radius 3 is 2.70 bits per heavy atom. The average molecular weight is 367 g/mol. The average Bonchev–Trinajstić information content (AvgIpc) is 2.87. The van der Waals surface area contributed by atoms with Gasteiger partial charge in [0.2, 0.25) is 11.8 Å². The van der Waals surface area contributed by atoms with Gasteiger partial charge in [-0.25, -0.2) is 4.98 Å². The first-order valence-corrected chi connectivity index (χ1v) is 9.25. The van der Waals surface area contributed by atoms with Crippen LogP contribution in [0.1, 0.15) is 35.7 Å². The van der Waals surface area contributed by atoms with Crippen LogP contribution in [0.4, 0.5) is 0 Å². The van der Waals surface area contributed by atoms with Gasteiger partial charge in [-0.1, -0.05) is 37.3 Å². The van der Waals surface area contributed by atoms with Crippen molar-refractivity contribution in [2.75, 3.05) is 20.2 Å². The predicted molar refractivity (Wildman–Crippen MR) is 102 cm³/mol. The van der Waals surface area contributed by atoms with Crippen molar-refractivity contribution in [3.05, 3.63) is 59.8 Å². The van der Waals surface area contributed by atoms with Gasteiger partial charge in [-0.15, -0.1) is 0 Å². The van der Waals surface area contributed by atoms with Crippen LogP contribution in [0.2, 0.25) is 0 Å². The quantitative estimate of drug-likeness (QED) is 0.815. The zero-order valence-corrected chi connectivity index (χ0v) is 15.8. The van der Waals surface area contributed by atoms with Crippen LogP contribution >= 0.6 is 0 Å². The number of benzene rings is 1. The maximum atomic E-state index is 13.0. The van der Waals surface area contributed by atoms with Crippen LogP contribution in [0.5, 0.6) is 5.88 Å². The number of hydrogen-bond donors (Lipinski definition) is 0. The molecule has 27 heavy (non-hydrogen) atoms. The number of amides is 2. The number of pyridine rings is 1. The van der Waals surface area contributed by atoms with E-state index in [0.29, 0.717) is 37.5 Å². The largest absolute Gasteiger partial charge is 0.480 e. The summed E-state index contributed by atoms with van der Waals surface area (Å²) in [5, 5.41) is 0. The first-order chi connectivity index (χ1) is 13.1. The monoisotopic (exact) mass is 367 g/mol. The lowest BCUT2D eigenvalue weighted by molar-refractivity contribution is -0.133. The minimum absolute atomic E-state index is 0.0215. The van der Waals surface area contributed by atoms with Gasteiger partial charge in [-0.05, 0) is 24.1 Å². The van der Waals surface area contributed by atoms with Gasteiger partial charge in [0.25, 0.3) is 5.91 Å². The molecule has 1 saturated heterocycles. The van der Waals surface area contributed by atoms with Crippen LogP contribution in [-0.2, 0) is 11.3 Å². The molecule has 0 bridgehead atoms. The van der Waals surface area contributed by atoms with E-state index in [4.69, 9.17) is 4.74 Å². The molecule has 1 aliphatic heterocycles. The zero-order chi connectivity index (χ0) is 19.2. The van der Waals surface area contributed by atoms with Crippen LogP contribution in [0.15, 0.2) is 48.7 Å². The maximum absolute atomic E-state index is 13.0.